The molecular weight excluding hydrogens is 202 g/mol. The highest BCUT2D eigenvalue weighted by Crippen LogP contribution is 2.21. The maximum Gasteiger partial charge on any atom is 0.123 e. The van der Waals surface area contributed by atoms with E-state index in [4.69, 9.17) is 4.74 Å². The molecule has 88 valence electrons. The first-order valence-corrected chi connectivity index (χ1v) is 5.82. The van der Waals surface area contributed by atoms with Crippen molar-refractivity contribution in [3.63, 3.8) is 0 Å². The molecule has 0 spiro atoms. The highest BCUT2D eigenvalue weighted by atomic mass is 16.5. The fraction of sp³-hybridized carbons (Fsp3) is 0.538. The summed E-state index contributed by atoms with van der Waals surface area (Å²) in [5, 5.41) is 9.61. The summed E-state index contributed by atoms with van der Waals surface area (Å²) in [7, 11) is 1.70. The Hall–Kier alpha value is -1.06. The van der Waals surface area contributed by atoms with Gasteiger partial charge in [0, 0.05) is 18.7 Å². The number of hydrogen-bond acceptors (Lipinski definition) is 3. The topological polar surface area (TPSA) is 32.7 Å². The molecule has 1 saturated heterocycles. The molecule has 1 aliphatic heterocycles. The average molecular weight is 221 g/mol. The minimum absolute atomic E-state index is 0.163. The van der Waals surface area contributed by atoms with Crippen LogP contribution in [0.3, 0.4) is 0 Å². The summed E-state index contributed by atoms with van der Waals surface area (Å²) in [6.45, 7) is 2.70. The van der Waals surface area contributed by atoms with Crippen LogP contribution in [0.15, 0.2) is 24.3 Å². The molecule has 2 rings (SSSR count). The second-order valence-corrected chi connectivity index (χ2v) is 4.34. The molecule has 1 fully saturated rings. The van der Waals surface area contributed by atoms with Crippen molar-refractivity contribution < 1.29 is 9.84 Å². The normalized spacial score (nSPS) is 22.0. The zero-order chi connectivity index (χ0) is 11.4. The molecule has 1 aliphatic rings. The third-order valence-electron chi connectivity index (χ3n) is 3.07. The van der Waals surface area contributed by atoms with E-state index in [1.165, 1.54) is 5.56 Å². The van der Waals surface area contributed by atoms with Crippen LogP contribution in [-0.4, -0.2) is 36.3 Å². The van der Waals surface area contributed by atoms with Crippen LogP contribution in [-0.2, 0) is 6.54 Å². The van der Waals surface area contributed by atoms with E-state index in [0.29, 0.717) is 0 Å². The van der Waals surface area contributed by atoms with Gasteiger partial charge in [-0.15, -0.1) is 0 Å². The number of likely N-dealkylation sites (tertiary alicyclic amines) is 1. The van der Waals surface area contributed by atoms with Gasteiger partial charge in [0.2, 0.25) is 0 Å². The number of aliphatic hydroxyl groups excluding tert-OH is 1. The van der Waals surface area contributed by atoms with Crippen molar-refractivity contribution in [3.8, 4) is 5.75 Å². The van der Waals surface area contributed by atoms with Crippen LogP contribution in [0.25, 0.3) is 0 Å². The van der Waals surface area contributed by atoms with Crippen molar-refractivity contribution in [2.75, 3.05) is 20.2 Å². The van der Waals surface area contributed by atoms with Crippen molar-refractivity contribution in [3.05, 3.63) is 29.8 Å². The maximum atomic E-state index is 9.61. The van der Waals surface area contributed by atoms with Crippen molar-refractivity contribution in [2.45, 2.75) is 25.5 Å². The van der Waals surface area contributed by atoms with Gasteiger partial charge in [0.25, 0.3) is 0 Å². The summed E-state index contributed by atoms with van der Waals surface area (Å²) in [6, 6.07) is 8.07. The van der Waals surface area contributed by atoms with Gasteiger partial charge in [0.1, 0.15) is 5.75 Å². The predicted octanol–water partition coefficient (Wildman–Crippen LogP) is 1.65. The molecule has 0 aromatic heterocycles. The van der Waals surface area contributed by atoms with E-state index < -0.39 is 0 Å². The fourth-order valence-corrected chi connectivity index (χ4v) is 2.25. The highest BCUT2D eigenvalue weighted by molar-refractivity contribution is 5.33. The van der Waals surface area contributed by atoms with Crippen LogP contribution in [0.5, 0.6) is 5.75 Å². The van der Waals surface area contributed by atoms with Gasteiger partial charge in [-0.1, -0.05) is 18.2 Å². The first-order valence-electron chi connectivity index (χ1n) is 5.82. The molecule has 0 amide bonds. The summed E-state index contributed by atoms with van der Waals surface area (Å²) in [5.41, 5.74) is 1.19. The Kier molecular flexibility index (Phi) is 3.80. The Morgan fingerprint density at radius 2 is 2.25 bits per heavy atom. The first kappa shape index (κ1) is 11.4. The van der Waals surface area contributed by atoms with Gasteiger partial charge in [0.15, 0.2) is 0 Å². The van der Waals surface area contributed by atoms with Gasteiger partial charge in [-0.2, -0.15) is 0 Å². The quantitative estimate of drug-likeness (QED) is 0.842. The van der Waals surface area contributed by atoms with Crippen molar-refractivity contribution in [1.82, 2.24) is 4.90 Å². The number of nitrogens with zero attached hydrogens (tertiary/aromatic N) is 1. The third kappa shape index (κ3) is 2.74. The molecule has 1 aromatic carbocycles. The summed E-state index contributed by atoms with van der Waals surface area (Å²) in [5.74, 6) is 0.933. The second kappa shape index (κ2) is 5.32. The van der Waals surface area contributed by atoms with Gasteiger partial charge in [0.05, 0.1) is 13.2 Å². The summed E-state index contributed by atoms with van der Waals surface area (Å²) < 4.78 is 5.32. The molecule has 16 heavy (non-hydrogen) atoms. The summed E-state index contributed by atoms with van der Waals surface area (Å²) >= 11 is 0. The maximum absolute atomic E-state index is 9.61. The Bertz CT molecular complexity index is 340. The largest absolute Gasteiger partial charge is 0.496 e. The Morgan fingerprint density at radius 3 is 3.00 bits per heavy atom. The molecule has 0 bridgehead atoms. The first-order chi connectivity index (χ1) is 7.79. The molecule has 1 N–H and O–H groups in total. The molecule has 3 nitrogen and oxygen atoms in total. The van der Waals surface area contributed by atoms with Crippen LogP contribution in [0.2, 0.25) is 0 Å². The SMILES string of the molecule is COc1ccccc1CN1CCCC(O)C1. The van der Waals surface area contributed by atoms with E-state index in [0.717, 1.165) is 38.2 Å². The van der Waals surface area contributed by atoms with Crippen LogP contribution in [0, 0.1) is 0 Å². The minimum atomic E-state index is -0.163. The monoisotopic (exact) mass is 221 g/mol. The van der Waals surface area contributed by atoms with E-state index in [1.54, 1.807) is 7.11 Å². The van der Waals surface area contributed by atoms with E-state index in [1.807, 2.05) is 18.2 Å². The number of para-hydroxylation sites is 1. The predicted molar refractivity (Wildman–Crippen MR) is 63.5 cm³/mol. The standard InChI is InChI=1S/C13H19NO2/c1-16-13-7-3-2-5-11(13)9-14-8-4-6-12(15)10-14/h2-3,5,7,12,15H,4,6,8-10H2,1H3. The van der Waals surface area contributed by atoms with E-state index >= 15 is 0 Å². The number of methoxy groups -OCH3 is 1. The molecule has 1 heterocycles. The number of piperidine rings is 1. The molecule has 0 saturated carbocycles. The van der Waals surface area contributed by atoms with Crippen molar-refractivity contribution in [1.29, 1.82) is 0 Å². The summed E-state index contributed by atoms with van der Waals surface area (Å²) in [4.78, 5) is 2.28. The van der Waals surface area contributed by atoms with Gasteiger partial charge < -0.3 is 9.84 Å². The van der Waals surface area contributed by atoms with Gasteiger partial charge in [-0.3, -0.25) is 4.90 Å². The number of hydrogen-bond donors (Lipinski definition) is 1. The Morgan fingerprint density at radius 1 is 1.44 bits per heavy atom. The van der Waals surface area contributed by atoms with E-state index in [9.17, 15) is 5.11 Å². The van der Waals surface area contributed by atoms with Crippen LogP contribution in [0.1, 0.15) is 18.4 Å². The minimum Gasteiger partial charge on any atom is -0.496 e. The van der Waals surface area contributed by atoms with Gasteiger partial charge >= 0.3 is 0 Å². The zero-order valence-corrected chi connectivity index (χ0v) is 9.72. The fourth-order valence-electron chi connectivity index (χ4n) is 2.25. The van der Waals surface area contributed by atoms with Crippen LogP contribution >= 0.6 is 0 Å². The lowest BCUT2D eigenvalue weighted by Gasteiger charge is -2.30. The molecular formula is C13H19NO2. The second-order valence-electron chi connectivity index (χ2n) is 4.34. The Balaban J connectivity index is 2.02. The van der Waals surface area contributed by atoms with E-state index in [2.05, 4.69) is 11.0 Å². The lowest BCUT2D eigenvalue weighted by molar-refractivity contribution is 0.0664. The zero-order valence-electron chi connectivity index (χ0n) is 9.72. The lowest BCUT2D eigenvalue weighted by atomic mass is 10.1. The lowest BCUT2D eigenvalue weighted by Crippen LogP contribution is -2.37. The number of ether oxygens (including phenoxy) is 1. The number of benzene rings is 1. The highest BCUT2D eigenvalue weighted by Gasteiger charge is 2.18. The number of aliphatic hydroxyl groups is 1. The average Bonchev–Trinajstić information content (AvgIpc) is 2.30. The smallest absolute Gasteiger partial charge is 0.123 e. The number of β-amino-alcohol motifs (C(OH)–C–C–N with tert-alkyl or cyclic N) is 1. The molecule has 1 aromatic rings. The van der Waals surface area contributed by atoms with Gasteiger partial charge in [-0.25, -0.2) is 0 Å². The van der Waals surface area contributed by atoms with Crippen molar-refractivity contribution in [2.24, 2.45) is 0 Å². The van der Waals surface area contributed by atoms with Crippen LogP contribution in [0.4, 0.5) is 0 Å². The van der Waals surface area contributed by atoms with Crippen LogP contribution < -0.4 is 4.74 Å². The molecule has 3 heteroatoms. The molecule has 1 atom stereocenters. The van der Waals surface area contributed by atoms with Crippen molar-refractivity contribution >= 4 is 0 Å². The van der Waals surface area contributed by atoms with E-state index in [-0.39, 0.29) is 6.10 Å². The van der Waals surface area contributed by atoms with Gasteiger partial charge in [-0.05, 0) is 25.5 Å². The third-order valence-corrected chi connectivity index (χ3v) is 3.07. The molecule has 0 aliphatic carbocycles. The Labute approximate surface area is 96.6 Å². The summed E-state index contributed by atoms with van der Waals surface area (Å²) in [6.07, 6.45) is 1.85. The molecule has 0 radical (unpaired) electrons. The molecule has 1 unspecified atom stereocenters. The number of rotatable bonds is 3.